The molecule has 0 saturated heterocycles. The lowest BCUT2D eigenvalue weighted by molar-refractivity contribution is -0.122. The molecule has 3 amide bonds. The van der Waals surface area contributed by atoms with Crippen molar-refractivity contribution in [1.29, 1.82) is 0 Å². The lowest BCUT2D eigenvalue weighted by atomic mass is 9.94. The van der Waals surface area contributed by atoms with Crippen molar-refractivity contribution in [2.75, 3.05) is 0 Å². The molecule has 2 N–H and O–H groups in total. The number of rotatable bonds is 6. The first-order valence-corrected chi connectivity index (χ1v) is 7.13. The second-order valence-corrected chi connectivity index (χ2v) is 5.57. The third-order valence-electron chi connectivity index (χ3n) is 3.80. The molecule has 6 nitrogen and oxygen atoms in total. The van der Waals surface area contributed by atoms with Crippen molar-refractivity contribution >= 4 is 24.0 Å². The van der Waals surface area contributed by atoms with Crippen LogP contribution in [0.2, 0.25) is 0 Å². The molecule has 1 heterocycles. The highest BCUT2D eigenvalue weighted by Crippen LogP contribution is 2.32. The lowest BCUT2D eigenvalue weighted by Crippen LogP contribution is -2.47. The fourth-order valence-corrected chi connectivity index (χ4v) is 2.72. The number of primary amides is 1. The van der Waals surface area contributed by atoms with Crippen molar-refractivity contribution in [2.24, 2.45) is 5.73 Å². The minimum atomic E-state index is -1.10. The number of amides is 3. The molecule has 1 aromatic carbocycles. The molecule has 116 valence electrons. The summed E-state index contributed by atoms with van der Waals surface area (Å²) in [5, 5.41) is 0. The van der Waals surface area contributed by atoms with Crippen LogP contribution in [0.15, 0.2) is 18.2 Å². The van der Waals surface area contributed by atoms with Crippen molar-refractivity contribution in [3.8, 4) is 0 Å². The molecule has 0 saturated carbocycles. The molecular formula is C16H18N2O4. The van der Waals surface area contributed by atoms with Crippen molar-refractivity contribution in [3.05, 3.63) is 34.9 Å². The summed E-state index contributed by atoms with van der Waals surface area (Å²) in [6.07, 6.45) is 0.729. The van der Waals surface area contributed by atoms with E-state index < -0.39 is 23.8 Å². The average molecular weight is 302 g/mol. The Morgan fingerprint density at radius 2 is 1.95 bits per heavy atom. The van der Waals surface area contributed by atoms with Gasteiger partial charge in [0.1, 0.15) is 12.3 Å². The van der Waals surface area contributed by atoms with Crippen LogP contribution in [-0.2, 0) is 9.59 Å². The smallest absolute Gasteiger partial charge is 0.262 e. The maximum atomic E-state index is 12.7. The van der Waals surface area contributed by atoms with Gasteiger partial charge in [-0.3, -0.25) is 19.3 Å². The number of carbonyl (C=O) groups is 4. The molecule has 22 heavy (non-hydrogen) atoms. The zero-order valence-corrected chi connectivity index (χ0v) is 12.5. The van der Waals surface area contributed by atoms with Gasteiger partial charge in [-0.2, -0.15) is 0 Å². The molecule has 1 unspecified atom stereocenters. The minimum absolute atomic E-state index is 0.0430. The van der Waals surface area contributed by atoms with Crippen LogP contribution < -0.4 is 5.73 Å². The standard InChI is InChI=1S/C16H18N2O4/c1-9(2)10-5-3-6-11-13(10)16(22)18(15(11)21)12(14(17)20)7-4-8-19/h3,5-6,8-9,12H,4,7H2,1-2H3,(H2,17,20). The number of fused-ring (bicyclic) bond motifs is 1. The van der Waals surface area contributed by atoms with Crippen LogP contribution in [0.5, 0.6) is 0 Å². The van der Waals surface area contributed by atoms with E-state index in [0.29, 0.717) is 11.8 Å². The van der Waals surface area contributed by atoms with Crippen LogP contribution in [0, 0.1) is 0 Å². The molecular weight excluding hydrogens is 284 g/mol. The maximum absolute atomic E-state index is 12.7. The predicted octanol–water partition coefficient (Wildman–Crippen LogP) is 1.24. The van der Waals surface area contributed by atoms with Crippen molar-refractivity contribution in [2.45, 2.75) is 38.6 Å². The Bertz CT molecular complexity index is 652. The number of nitrogens with two attached hydrogens (primary N) is 1. The van der Waals surface area contributed by atoms with E-state index in [1.165, 1.54) is 0 Å². The van der Waals surface area contributed by atoms with E-state index in [1.54, 1.807) is 18.2 Å². The summed E-state index contributed by atoms with van der Waals surface area (Å²) in [6.45, 7) is 3.85. The van der Waals surface area contributed by atoms with E-state index in [4.69, 9.17) is 5.73 Å². The molecule has 2 rings (SSSR count). The van der Waals surface area contributed by atoms with Gasteiger partial charge in [0.15, 0.2) is 0 Å². The summed E-state index contributed by atoms with van der Waals surface area (Å²) in [5.41, 5.74) is 6.69. The summed E-state index contributed by atoms with van der Waals surface area (Å²) < 4.78 is 0. The number of benzene rings is 1. The number of imide groups is 1. The molecule has 0 radical (unpaired) electrons. The van der Waals surface area contributed by atoms with Gasteiger partial charge in [-0.05, 0) is 24.0 Å². The monoisotopic (exact) mass is 302 g/mol. The molecule has 1 aromatic rings. The average Bonchev–Trinajstić information content (AvgIpc) is 2.72. The van der Waals surface area contributed by atoms with E-state index >= 15 is 0 Å². The minimum Gasteiger partial charge on any atom is -0.368 e. The van der Waals surface area contributed by atoms with Crippen molar-refractivity contribution in [3.63, 3.8) is 0 Å². The van der Waals surface area contributed by atoms with Crippen LogP contribution in [-0.4, -0.2) is 34.9 Å². The Labute approximate surface area is 128 Å². The Hall–Kier alpha value is -2.50. The highest BCUT2D eigenvalue weighted by molar-refractivity contribution is 6.23. The molecule has 1 aliphatic heterocycles. The SMILES string of the molecule is CC(C)c1cccc2c1C(=O)N(C(CCC=O)C(N)=O)C2=O. The van der Waals surface area contributed by atoms with Gasteiger partial charge in [-0.25, -0.2) is 0 Å². The fourth-order valence-electron chi connectivity index (χ4n) is 2.72. The van der Waals surface area contributed by atoms with Gasteiger partial charge < -0.3 is 10.5 Å². The highest BCUT2D eigenvalue weighted by atomic mass is 16.2. The van der Waals surface area contributed by atoms with Gasteiger partial charge >= 0.3 is 0 Å². The molecule has 0 fully saturated rings. The largest absolute Gasteiger partial charge is 0.368 e. The number of hydrogen-bond donors (Lipinski definition) is 1. The van der Waals surface area contributed by atoms with Crippen LogP contribution in [0.3, 0.4) is 0 Å². The van der Waals surface area contributed by atoms with Gasteiger partial charge in [0.2, 0.25) is 5.91 Å². The second-order valence-electron chi connectivity index (χ2n) is 5.57. The quantitative estimate of drug-likeness (QED) is 0.631. The molecule has 0 bridgehead atoms. The summed E-state index contributed by atoms with van der Waals surface area (Å²) >= 11 is 0. The summed E-state index contributed by atoms with van der Waals surface area (Å²) in [5.74, 6) is -1.77. The van der Waals surface area contributed by atoms with Gasteiger partial charge in [0, 0.05) is 6.42 Å². The van der Waals surface area contributed by atoms with Crippen LogP contribution >= 0.6 is 0 Å². The molecule has 1 aliphatic rings. The zero-order chi connectivity index (χ0) is 16.4. The first-order valence-electron chi connectivity index (χ1n) is 7.13. The zero-order valence-electron chi connectivity index (χ0n) is 12.5. The Kier molecular flexibility index (Phi) is 4.40. The van der Waals surface area contributed by atoms with Crippen LogP contribution in [0.25, 0.3) is 0 Å². The summed E-state index contributed by atoms with van der Waals surface area (Å²) in [7, 11) is 0. The molecule has 6 heteroatoms. The number of nitrogens with zero attached hydrogens (tertiary/aromatic N) is 1. The van der Waals surface area contributed by atoms with E-state index in [1.807, 2.05) is 13.8 Å². The highest BCUT2D eigenvalue weighted by Gasteiger charge is 2.43. The Morgan fingerprint density at radius 1 is 1.27 bits per heavy atom. The van der Waals surface area contributed by atoms with E-state index in [2.05, 4.69) is 0 Å². The summed E-state index contributed by atoms with van der Waals surface area (Å²) in [4.78, 5) is 48.2. The van der Waals surface area contributed by atoms with Gasteiger partial charge in [0.25, 0.3) is 11.8 Å². The lowest BCUT2D eigenvalue weighted by Gasteiger charge is -2.22. The number of aldehydes is 1. The normalized spacial score (nSPS) is 15.1. The van der Waals surface area contributed by atoms with Crippen molar-refractivity contribution in [1.82, 2.24) is 4.90 Å². The van der Waals surface area contributed by atoms with E-state index in [9.17, 15) is 19.2 Å². The Balaban J connectivity index is 2.48. The van der Waals surface area contributed by atoms with Gasteiger partial charge in [0.05, 0.1) is 11.1 Å². The van der Waals surface area contributed by atoms with Crippen LogP contribution in [0.4, 0.5) is 0 Å². The maximum Gasteiger partial charge on any atom is 0.262 e. The molecule has 0 spiro atoms. The topological polar surface area (TPSA) is 97.5 Å². The van der Waals surface area contributed by atoms with E-state index in [-0.39, 0.29) is 24.3 Å². The van der Waals surface area contributed by atoms with Crippen molar-refractivity contribution < 1.29 is 19.2 Å². The third-order valence-corrected chi connectivity index (χ3v) is 3.80. The molecule has 0 aromatic heterocycles. The second kappa shape index (κ2) is 6.09. The first-order chi connectivity index (χ1) is 10.4. The van der Waals surface area contributed by atoms with E-state index in [0.717, 1.165) is 10.5 Å². The Morgan fingerprint density at radius 3 is 2.50 bits per heavy atom. The summed E-state index contributed by atoms with van der Waals surface area (Å²) in [6, 6.07) is 3.98. The first kappa shape index (κ1) is 15.9. The predicted molar refractivity (Wildman–Crippen MR) is 79.3 cm³/mol. The fraction of sp³-hybridized carbons (Fsp3) is 0.375. The van der Waals surface area contributed by atoms with Gasteiger partial charge in [-0.1, -0.05) is 26.0 Å². The number of carbonyl (C=O) groups excluding carboxylic acids is 4. The number of hydrogen-bond acceptors (Lipinski definition) is 4. The molecule has 0 aliphatic carbocycles. The van der Waals surface area contributed by atoms with Gasteiger partial charge in [-0.15, -0.1) is 0 Å². The molecule has 1 atom stereocenters. The van der Waals surface area contributed by atoms with Crippen LogP contribution in [0.1, 0.15) is 58.9 Å². The third kappa shape index (κ3) is 2.52.